The lowest BCUT2D eigenvalue weighted by Crippen LogP contribution is -2.29. The number of benzene rings is 2. The Hall–Kier alpha value is -2.87. The van der Waals surface area contributed by atoms with E-state index in [4.69, 9.17) is 4.98 Å². The molecule has 2 atom stereocenters. The summed E-state index contributed by atoms with van der Waals surface area (Å²) in [7, 11) is -3.27. The Balaban J connectivity index is 1.79. The van der Waals surface area contributed by atoms with E-state index in [1.165, 1.54) is 6.26 Å². The van der Waals surface area contributed by atoms with Crippen molar-refractivity contribution < 1.29 is 18.3 Å². The Kier molecular flexibility index (Phi) is 5.53. The van der Waals surface area contributed by atoms with Crippen LogP contribution in [0.2, 0.25) is 0 Å². The lowest BCUT2D eigenvalue weighted by atomic mass is 9.70. The number of hydrogen-bond acceptors (Lipinski definition) is 5. The molecule has 8 heteroatoms. The molecule has 3 aromatic rings. The minimum absolute atomic E-state index is 0.189. The van der Waals surface area contributed by atoms with E-state index in [2.05, 4.69) is 30.7 Å². The highest BCUT2D eigenvalue weighted by atomic mass is 32.2. The van der Waals surface area contributed by atoms with Crippen molar-refractivity contribution in [2.24, 2.45) is 11.3 Å². The second-order valence-electron chi connectivity index (χ2n) is 9.80. The van der Waals surface area contributed by atoms with Crippen LogP contribution in [0.15, 0.2) is 47.4 Å². The van der Waals surface area contributed by atoms with Crippen molar-refractivity contribution in [3.63, 3.8) is 0 Å². The van der Waals surface area contributed by atoms with Gasteiger partial charge in [0.25, 0.3) is 0 Å². The Morgan fingerprint density at radius 1 is 1.16 bits per heavy atom. The van der Waals surface area contributed by atoms with E-state index < -0.39 is 15.8 Å². The van der Waals surface area contributed by atoms with Gasteiger partial charge < -0.3 is 15.0 Å². The number of anilines is 2. The van der Waals surface area contributed by atoms with Gasteiger partial charge in [-0.15, -0.1) is 0 Å². The summed E-state index contributed by atoms with van der Waals surface area (Å²) in [5.41, 5.74) is 2.62. The third-order valence-corrected chi connectivity index (χ3v) is 7.33. The van der Waals surface area contributed by atoms with Crippen molar-refractivity contribution in [3.8, 4) is 0 Å². The summed E-state index contributed by atoms with van der Waals surface area (Å²) in [6, 6.07) is 11.8. The van der Waals surface area contributed by atoms with Crippen LogP contribution < -0.4 is 5.32 Å². The summed E-state index contributed by atoms with van der Waals surface area (Å²) < 4.78 is 25.7. The molecule has 7 nitrogen and oxygen atoms in total. The van der Waals surface area contributed by atoms with Gasteiger partial charge in [0.05, 0.1) is 21.5 Å². The zero-order valence-electron chi connectivity index (χ0n) is 18.8. The van der Waals surface area contributed by atoms with Crippen LogP contribution in [0.25, 0.3) is 11.0 Å². The van der Waals surface area contributed by atoms with E-state index in [1.807, 2.05) is 6.07 Å². The molecule has 1 saturated carbocycles. The van der Waals surface area contributed by atoms with Gasteiger partial charge in [0.1, 0.15) is 0 Å². The molecule has 1 heterocycles. The van der Waals surface area contributed by atoms with Gasteiger partial charge in [-0.05, 0) is 73.1 Å². The second kappa shape index (κ2) is 7.92. The molecule has 0 radical (unpaired) electrons. The third kappa shape index (κ3) is 4.50. The predicted molar refractivity (Wildman–Crippen MR) is 125 cm³/mol. The molecule has 1 aliphatic rings. The summed E-state index contributed by atoms with van der Waals surface area (Å²) in [6.45, 7) is 6.84. The number of rotatable bonds is 5. The molecule has 2 N–H and O–H groups in total. The van der Waals surface area contributed by atoms with Gasteiger partial charge in [-0.3, -0.25) is 0 Å². The lowest BCUT2D eigenvalue weighted by Gasteiger charge is -2.40. The summed E-state index contributed by atoms with van der Waals surface area (Å²) in [5, 5.41) is 12.7. The average molecular weight is 456 g/mol. The van der Waals surface area contributed by atoms with Crippen LogP contribution in [0, 0.1) is 11.3 Å². The molecule has 0 amide bonds. The topological polar surface area (TPSA) is 101 Å². The monoisotopic (exact) mass is 455 g/mol. The number of carboxylic acids is 1. The molecule has 0 spiro atoms. The van der Waals surface area contributed by atoms with E-state index in [-0.39, 0.29) is 21.9 Å². The molecule has 1 aromatic heterocycles. The zero-order valence-corrected chi connectivity index (χ0v) is 19.6. The molecule has 1 aliphatic carbocycles. The highest BCUT2D eigenvalue weighted by Crippen LogP contribution is 2.46. The molecule has 0 unspecified atom stereocenters. The zero-order chi connectivity index (χ0) is 23.3. The van der Waals surface area contributed by atoms with Crippen molar-refractivity contribution in [2.45, 2.75) is 51.0 Å². The van der Waals surface area contributed by atoms with Crippen molar-refractivity contribution in [2.75, 3.05) is 11.6 Å². The Morgan fingerprint density at radius 2 is 1.84 bits per heavy atom. The first-order valence-electron chi connectivity index (χ1n) is 10.8. The fourth-order valence-corrected chi connectivity index (χ4v) is 5.73. The van der Waals surface area contributed by atoms with Crippen molar-refractivity contribution >= 4 is 38.5 Å². The average Bonchev–Trinajstić information content (AvgIpc) is 3.03. The number of imidazole rings is 1. The van der Waals surface area contributed by atoms with Gasteiger partial charge in [0.2, 0.25) is 5.95 Å². The smallest absolute Gasteiger partial charge is 0.335 e. The van der Waals surface area contributed by atoms with Crippen LogP contribution in [0.3, 0.4) is 0 Å². The van der Waals surface area contributed by atoms with Gasteiger partial charge in [-0.25, -0.2) is 18.2 Å². The second-order valence-corrected chi connectivity index (χ2v) is 11.8. The molecule has 1 fully saturated rings. The maximum absolute atomic E-state index is 11.8. The number of sulfone groups is 1. The first-order valence-corrected chi connectivity index (χ1v) is 12.6. The SMILES string of the molecule is C[C@H]1C[C@@H](n2c(Nc3ccc(S(C)(=O)=O)cc3)nc3cc(C(=O)O)ccc32)CC(C)(C)C1. The van der Waals surface area contributed by atoms with Crippen LogP contribution >= 0.6 is 0 Å². The Labute approximate surface area is 188 Å². The number of carbonyl (C=O) groups is 1. The summed E-state index contributed by atoms with van der Waals surface area (Å²) >= 11 is 0. The van der Waals surface area contributed by atoms with Crippen LogP contribution in [0.1, 0.15) is 56.4 Å². The maximum atomic E-state index is 11.8. The Bertz CT molecular complexity index is 1280. The highest BCUT2D eigenvalue weighted by molar-refractivity contribution is 7.90. The maximum Gasteiger partial charge on any atom is 0.335 e. The fraction of sp³-hybridized carbons (Fsp3) is 0.417. The van der Waals surface area contributed by atoms with Gasteiger partial charge >= 0.3 is 5.97 Å². The van der Waals surface area contributed by atoms with E-state index in [1.54, 1.807) is 36.4 Å². The lowest BCUT2D eigenvalue weighted by molar-refractivity contribution is 0.0697. The number of nitrogens with zero attached hydrogens (tertiary/aromatic N) is 2. The standard InChI is InChI=1S/C24H29N3O4S/c1-15-11-18(14-24(2,3)13-15)27-21-10-5-16(22(28)29)12-20(21)26-23(27)25-17-6-8-19(9-7-17)32(4,30)31/h5-10,12,15,18H,11,13-14H2,1-4H3,(H,25,26)(H,28,29)/t15-,18+/m0/s1. The quantitative estimate of drug-likeness (QED) is 0.543. The minimum atomic E-state index is -3.27. The van der Waals surface area contributed by atoms with E-state index in [9.17, 15) is 18.3 Å². The van der Waals surface area contributed by atoms with Gasteiger partial charge in [0, 0.05) is 18.0 Å². The molecule has 32 heavy (non-hydrogen) atoms. The van der Waals surface area contributed by atoms with E-state index in [0.29, 0.717) is 17.4 Å². The summed E-state index contributed by atoms with van der Waals surface area (Å²) in [6.07, 6.45) is 4.35. The van der Waals surface area contributed by atoms with Crippen molar-refractivity contribution in [1.29, 1.82) is 0 Å². The van der Waals surface area contributed by atoms with Crippen LogP contribution in [0.5, 0.6) is 0 Å². The molecule has 170 valence electrons. The number of hydrogen-bond donors (Lipinski definition) is 2. The van der Waals surface area contributed by atoms with Gasteiger partial charge in [-0.2, -0.15) is 0 Å². The molecular formula is C24H29N3O4S. The largest absolute Gasteiger partial charge is 0.478 e. The van der Waals surface area contributed by atoms with E-state index >= 15 is 0 Å². The third-order valence-electron chi connectivity index (χ3n) is 6.20. The molecule has 0 saturated heterocycles. The van der Waals surface area contributed by atoms with Crippen molar-refractivity contribution in [3.05, 3.63) is 48.0 Å². The van der Waals surface area contributed by atoms with Crippen LogP contribution in [0.4, 0.5) is 11.6 Å². The number of fused-ring (bicyclic) bond motifs is 1. The number of nitrogens with one attached hydrogen (secondary N) is 1. The number of aromatic carboxylic acids is 1. The Morgan fingerprint density at radius 3 is 2.44 bits per heavy atom. The number of aromatic nitrogens is 2. The first-order chi connectivity index (χ1) is 14.9. The van der Waals surface area contributed by atoms with Crippen molar-refractivity contribution in [1.82, 2.24) is 9.55 Å². The van der Waals surface area contributed by atoms with Crippen LogP contribution in [-0.2, 0) is 9.84 Å². The highest BCUT2D eigenvalue weighted by Gasteiger charge is 2.34. The first kappa shape index (κ1) is 22.3. The van der Waals surface area contributed by atoms with Crippen LogP contribution in [-0.4, -0.2) is 35.3 Å². The predicted octanol–water partition coefficient (Wildman–Crippen LogP) is 5.27. The minimum Gasteiger partial charge on any atom is -0.478 e. The molecule has 4 rings (SSSR count). The van der Waals surface area contributed by atoms with E-state index in [0.717, 1.165) is 30.5 Å². The molecule has 0 aliphatic heterocycles. The molecule has 2 aromatic carbocycles. The summed E-state index contributed by atoms with van der Waals surface area (Å²) in [5.74, 6) is 0.200. The fourth-order valence-electron chi connectivity index (χ4n) is 5.10. The molecular weight excluding hydrogens is 426 g/mol. The normalized spacial score (nSPS) is 20.9. The summed E-state index contributed by atoms with van der Waals surface area (Å²) in [4.78, 5) is 16.5. The number of carboxylic acid groups (broad SMARTS) is 1. The molecule has 0 bridgehead atoms. The van der Waals surface area contributed by atoms with Gasteiger partial charge in [0.15, 0.2) is 9.84 Å². The van der Waals surface area contributed by atoms with Gasteiger partial charge in [-0.1, -0.05) is 20.8 Å².